The Morgan fingerprint density at radius 1 is 0.941 bits per heavy atom. The van der Waals surface area contributed by atoms with E-state index < -0.39 is 0 Å². The van der Waals surface area contributed by atoms with Crippen molar-refractivity contribution >= 4 is 5.91 Å². The maximum absolute atomic E-state index is 12.6. The van der Waals surface area contributed by atoms with Crippen molar-refractivity contribution in [3.8, 4) is 0 Å². The number of carbonyl (C=O) groups is 1. The molecular weight excluding hydrogens is 212 g/mol. The van der Waals surface area contributed by atoms with Crippen molar-refractivity contribution in [2.24, 2.45) is 10.8 Å². The van der Waals surface area contributed by atoms with Crippen molar-refractivity contribution in [2.45, 2.75) is 41.0 Å². The molecule has 100 valence electrons. The van der Waals surface area contributed by atoms with E-state index in [2.05, 4.69) is 51.5 Å². The molecule has 0 N–H and O–H groups in total. The third-order valence-electron chi connectivity index (χ3n) is 4.42. The minimum atomic E-state index is -0.296. The van der Waals surface area contributed by atoms with E-state index in [1.165, 1.54) is 0 Å². The monoisotopic (exact) mass is 240 g/mol. The van der Waals surface area contributed by atoms with Crippen molar-refractivity contribution in [2.75, 3.05) is 33.2 Å². The highest BCUT2D eigenvalue weighted by molar-refractivity contribution is 5.82. The zero-order chi connectivity index (χ0) is 13.3. The summed E-state index contributed by atoms with van der Waals surface area (Å²) in [4.78, 5) is 17.0. The zero-order valence-corrected chi connectivity index (χ0v) is 12.3. The molecular formula is C14H28N2O. The Balaban J connectivity index is 2.76. The van der Waals surface area contributed by atoms with E-state index in [4.69, 9.17) is 0 Å². The fourth-order valence-corrected chi connectivity index (χ4v) is 1.97. The topological polar surface area (TPSA) is 23.6 Å². The van der Waals surface area contributed by atoms with Gasteiger partial charge in [-0.05, 0) is 25.4 Å². The summed E-state index contributed by atoms with van der Waals surface area (Å²) in [6.07, 6.45) is 1.09. The van der Waals surface area contributed by atoms with Crippen LogP contribution in [0.5, 0.6) is 0 Å². The molecule has 1 fully saturated rings. The lowest BCUT2D eigenvalue weighted by molar-refractivity contribution is -0.146. The number of carbonyl (C=O) groups excluding carboxylic acids is 1. The molecule has 0 aromatic rings. The fraction of sp³-hybridized carbons (Fsp3) is 0.929. The summed E-state index contributed by atoms with van der Waals surface area (Å²) in [5, 5.41) is 0. The number of amides is 1. The molecule has 0 aromatic carbocycles. The smallest absolute Gasteiger partial charge is 0.228 e. The summed E-state index contributed by atoms with van der Waals surface area (Å²) in [6, 6.07) is 0. The molecule has 0 bridgehead atoms. The van der Waals surface area contributed by atoms with Crippen LogP contribution in [0.2, 0.25) is 0 Å². The van der Waals surface area contributed by atoms with Crippen molar-refractivity contribution in [1.29, 1.82) is 0 Å². The standard InChI is InChI=1S/C14H28N2O/c1-13(2,3)14(4,5)12(17)16-9-7-8-15(6)10-11-16/h7-11H2,1-6H3. The molecule has 3 heteroatoms. The first-order chi connectivity index (χ1) is 7.66. The van der Waals surface area contributed by atoms with E-state index in [1.807, 2.05) is 0 Å². The minimum absolute atomic E-state index is 0.00227. The molecule has 0 spiro atoms. The lowest BCUT2D eigenvalue weighted by Crippen LogP contribution is -2.48. The minimum Gasteiger partial charge on any atom is -0.341 e. The molecule has 1 amide bonds. The Kier molecular flexibility index (Phi) is 4.23. The number of hydrogen-bond donors (Lipinski definition) is 0. The number of rotatable bonds is 1. The van der Waals surface area contributed by atoms with Crippen LogP contribution >= 0.6 is 0 Å². The molecule has 0 aliphatic carbocycles. The highest BCUT2D eigenvalue weighted by atomic mass is 16.2. The zero-order valence-electron chi connectivity index (χ0n) is 12.3. The van der Waals surface area contributed by atoms with Crippen LogP contribution in [0.4, 0.5) is 0 Å². The van der Waals surface area contributed by atoms with Crippen LogP contribution in [-0.2, 0) is 4.79 Å². The van der Waals surface area contributed by atoms with Crippen molar-refractivity contribution in [1.82, 2.24) is 9.80 Å². The molecule has 1 saturated heterocycles. The molecule has 0 atom stereocenters. The van der Waals surface area contributed by atoms with Crippen molar-refractivity contribution < 1.29 is 4.79 Å². The van der Waals surface area contributed by atoms with Crippen molar-refractivity contribution in [3.63, 3.8) is 0 Å². The van der Waals surface area contributed by atoms with Gasteiger partial charge in [-0.3, -0.25) is 4.79 Å². The van der Waals surface area contributed by atoms with Gasteiger partial charge in [0.15, 0.2) is 0 Å². The van der Waals surface area contributed by atoms with Gasteiger partial charge in [0.05, 0.1) is 0 Å². The Labute approximate surface area is 106 Å². The number of likely N-dealkylation sites (N-methyl/N-ethyl adjacent to an activating group) is 1. The molecule has 1 rings (SSSR count). The first kappa shape index (κ1) is 14.5. The molecule has 1 heterocycles. The van der Waals surface area contributed by atoms with E-state index in [1.54, 1.807) is 0 Å². The Bertz CT molecular complexity index is 278. The highest BCUT2D eigenvalue weighted by Crippen LogP contribution is 2.39. The predicted octanol–water partition coefficient (Wildman–Crippen LogP) is 2.22. The normalized spacial score (nSPS) is 20.2. The second-order valence-corrected chi connectivity index (χ2v) is 6.82. The van der Waals surface area contributed by atoms with Crippen LogP contribution in [0.25, 0.3) is 0 Å². The summed E-state index contributed by atoms with van der Waals surface area (Å²) in [5.74, 6) is 0.306. The van der Waals surface area contributed by atoms with Crippen LogP contribution in [0, 0.1) is 10.8 Å². The molecule has 3 nitrogen and oxygen atoms in total. The van der Waals surface area contributed by atoms with Gasteiger partial charge >= 0.3 is 0 Å². The van der Waals surface area contributed by atoms with Crippen molar-refractivity contribution in [3.05, 3.63) is 0 Å². The summed E-state index contributed by atoms with van der Waals surface area (Å²) in [5.41, 5.74) is -0.293. The summed E-state index contributed by atoms with van der Waals surface area (Å²) in [7, 11) is 2.13. The quantitative estimate of drug-likeness (QED) is 0.701. The number of nitrogens with zero attached hydrogens (tertiary/aromatic N) is 2. The average molecular weight is 240 g/mol. The molecule has 0 unspecified atom stereocenters. The SMILES string of the molecule is CN1CCCN(C(=O)C(C)(C)C(C)(C)C)CC1. The number of hydrogen-bond acceptors (Lipinski definition) is 2. The van der Waals surface area contributed by atoms with Crippen LogP contribution in [0.1, 0.15) is 41.0 Å². The van der Waals surface area contributed by atoms with Gasteiger partial charge in [-0.15, -0.1) is 0 Å². The maximum atomic E-state index is 12.6. The van der Waals surface area contributed by atoms with Gasteiger partial charge in [0, 0.05) is 25.0 Å². The van der Waals surface area contributed by atoms with Crippen LogP contribution in [0.15, 0.2) is 0 Å². The van der Waals surface area contributed by atoms with Gasteiger partial charge < -0.3 is 9.80 Å². The largest absolute Gasteiger partial charge is 0.341 e. The van der Waals surface area contributed by atoms with Gasteiger partial charge in [-0.2, -0.15) is 0 Å². The van der Waals surface area contributed by atoms with Crippen LogP contribution in [-0.4, -0.2) is 48.9 Å². The van der Waals surface area contributed by atoms with E-state index in [9.17, 15) is 4.79 Å². The maximum Gasteiger partial charge on any atom is 0.228 e. The second kappa shape index (κ2) is 4.97. The van der Waals surface area contributed by atoms with Gasteiger partial charge in [0.2, 0.25) is 5.91 Å². The Hall–Kier alpha value is -0.570. The second-order valence-electron chi connectivity index (χ2n) is 6.82. The lowest BCUT2D eigenvalue weighted by Gasteiger charge is -2.40. The fourth-order valence-electron chi connectivity index (χ4n) is 1.97. The van der Waals surface area contributed by atoms with Gasteiger partial charge in [0.1, 0.15) is 0 Å². The van der Waals surface area contributed by atoms with E-state index in [0.717, 1.165) is 32.6 Å². The highest BCUT2D eigenvalue weighted by Gasteiger charge is 2.42. The molecule has 0 radical (unpaired) electrons. The lowest BCUT2D eigenvalue weighted by atomic mass is 9.68. The average Bonchev–Trinajstić information content (AvgIpc) is 2.40. The summed E-state index contributed by atoms with van der Waals surface area (Å²) in [6.45, 7) is 14.5. The molecule has 1 aliphatic rings. The van der Waals surface area contributed by atoms with Gasteiger partial charge in [0.25, 0.3) is 0 Å². The third kappa shape index (κ3) is 3.21. The summed E-state index contributed by atoms with van der Waals surface area (Å²) >= 11 is 0. The molecule has 0 saturated carbocycles. The first-order valence-corrected chi connectivity index (χ1v) is 6.64. The third-order valence-corrected chi connectivity index (χ3v) is 4.42. The van der Waals surface area contributed by atoms with Crippen LogP contribution < -0.4 is 0 Å². The van der Waals surface area contributed by atoms with E-state index >= 15 is 0 Å². The van der Waals surface area contributed by atoms with E-state index in [0.29, 0.717) is 5.91 Å². The Morgan fingerprint density at radius 3 is 2.06 bits per heavy atom. The Morgan fingerprint density at radius 2 is 1.53 bits per heavy atom. The van der Waals surface area contributed by atoms with Gasteiger partial charge in [-0.1, -0.05) is 34.6 Å². The van der Waals surface area contributed by atoms with Gasteiger partial charge in [-0.25, -0.2) is 0 Å². The first-order valence-electron chi connectivity index (χ1n) is 6.64. The molecule has 1 aliphatic heterocycles. The molecule has 0 aromatic heterocycles. The molecule has 17 heavy (non-hydrogen) atoms. The van der Waals surface area contributed by atoms with E-state index in [-0.39, 0.29) is 10.8 Å². The van der Waals surface area contributed by atoms with Crippen LogP contribution in [0.3, 0.4) is 0 Å². The predicted molar refractivity (Wildman–Crippen MR) is 71.9 cm³/mol. The summed E-state index contributed by atoms with van der Waals surface area (Å²) < 4.78 is 0.